The maximum absolute atomic E-state index is 12.6. The van der Waals surface area contributed by atoms with Crippen LogP contribution in [0.3, 0.4) is 0 Å². The highest BCUT2D eigenvalue weighted by Gasteiger charge is 2.24. The predicted octanol–water partition coefficient (Wildman–Crippen LogP) is 2.07. The topological polar surface area (TPSA) is 44.8 Å². The van der Waals surface area contributed by atoms with Crippen LogP contribution in [-0.2, 0) is 4.74 Å². The number of nitrogens with zero attached hydrogens (tertiary/aromatic N) is 2. The lowest BCUT2D eigenvalue weighted by atomic mass is 9.96. The molecular weight excluding hydrogens is 266 g/mol. The normalized spacial score (nSPS) is 23.5. The molecule has 2 rings (SSSR count). The van der Waals surface area contributed by atoms with E-state index in [1.165, 1.54) is 19.3 Å². The van der Waals surface area contributed by atoms with E-state index in [1.807, 2.05) is 19.0 Å². The summed E-state index contributed by atoms with van der Waals surface area (Å²) in [6, 6.07) is 0.469. The first-order chi connectivity index (χ1) is 10.1. The molecule has 0 bridgehead atoms. The minimum absolute atomic E-state index is 0.0965. The van der Waals surface area contributed by atoms with Gasteiger partial charge < -0.3 is 19.9 Å². The Labute approximate surface area is 129 Å². The van der Waals surface area contributed by atoms with Gasteiger partial charge >= 0.3 is 6.03 Å². The summed E-state index contributed by atoms with van der Waals surface area (Å²) in [6.45, 7) is 3.24. The Morgan fingerprint density at radius 1 is 1.10 bits per heavy atom. The lowest BCUT2D eigenvalue weighted by Gasteiger charge is -2.30. The summed E-state index contributed by atoms with van der Waals surface area (Å²) < 4.78 is 5.70. The molecule has 5 nitrogen and oxygen atoms in total. The number of nitrogens with one attached hydrogen (secondary N) is 1. The van der Waals surface area contributed by atoms with E-state index in [2.05, 4.69) is 10.2 Å². The largest absolute Gasteiger partial charge is 0.376 e. The fourth-order valence-electron chi connectivity index (χ4n) is 3.14. The van der Waals surface area contributed by atoms with Gasteiger partial charge in [-0.1, -0.05) is 19.3 Å². The van der Waals surface area contributed by atoms with Gasteiger partial charge in [0.2, 0.25) is 0 Å². The molecule has 1 atom stereocenters. The monoisotopic (exact) mass is 297 g/mol. The number of hydrogen-bond donors (Lipinski definition) is 1. The fraction of sp³-hybridized carbons (Fsp3) is 0.938. The first kappa shape index (κ1) is 16.6. The van der Waals surface area contributed by atoms with E-state index < -0.39 is 0 Å². The summed E-state index contributed by atoms with van der Waals surface area (Å²) in [4.78, 5) is 16.6. The molecule has 2 aliphatic rings. The lowest BCUT2D eigenvalue weighted by molar-refractivity contribution is 0.0787. The summed E-state index contributed by atoms with van der Waals surface area (Å²) in [5, 5.41) is 3.23. The van der Waals surface area contributed by atoms with Crippen molar-refractivity contribution in [2.24, 2.45) is 0 Å². The summed E-state index contributed by atoms with van der Waals surface area (Å²) >= 11 is 0. The number of rotatable bonds is 6. The third-order valence-electron chi connectivity index (χ3n) is 4.49. The molecule has 0 aromatic heterocycles. The van der Waals surface area contributed by atoms with E-state index in [4.69, 9.17) is 4.74 Å². The molecule has 0 radical (unpaired) electrons. The Balaban J connectivity index is 1.83. The third-order valence-corrected chi connectivity index (χ3v) is 4.49. The van der Waals surface area contributed by atoms with Crippen molar-refractivity contribution in [2.45, 2.75) is 57.1 Å². The van der Waals surface area contributed by atoms with Crippen LogP contribution in [0.4, 0.5) is 4.79 Å². The number of carbonyl (C=O) groups excluding carboxylic acids is 1. The first-order valence-corrected chi connectivity index (χ1v) is 8.47. The number of hydrogen-bond acceptors (Lipinski definition) is 3. The minimum atomic E-state index is 0.0965. The van der Waals surface area contributed by atoms with E-state index in [-0.39, 0.29) is 12.1 Å². The van der Waals surface area contributed by atoms with Crippen molar-refractivity contribution in [3.63, 3.8) is 0 Å². The molecule has 0 spiro atoms. The van der Waals surface area contributed by atoms with Gasteiger partial charge in [-0.05, 0) is 39.8 Å². The second kappa shape index (κ2) is 8.59. The molecule has 1 unspecified atom stereocenters. The van der Waals surface area contributed by atoms with Gasteiger partial charge in [0.15, 0.2) is 0 Å². The van der Waals surface area contributed by atoms with Crippen LogP contribution < -0.4 is 5.32 Å². The smallest absolute Gasteiger partial charge is 0.317 e. The van der Waals surface area contributed by atoms with Gasteiger partial charge in [-0.2, -0.15) is 0 Å². The summed E-state index contributed by atoms with van der Waals surface area (Å²) in [7, 11) is 4.09. The van der Waals surface area contributed by atoms with Crippen molar-refractivity contribution < 1.29 is 9.53 Å². The molecular formula is C16H31N3O2. The van der Waals surface area contributed by atoms with Gasteiger partial charge in [0.25, 0.3) is 0 Å². The maximum Gasteiger partial charge on any atom is 0.317 e. The van der Waals surface area contributed by atoms with Gasteiger partial charge in [0.1, 0.15) is 0 Å². The number of likely N-dealkylation sites (N-methyl/N-ethyl adjacent to an activating group) is 1. The molecule has 1 aliphatic carbocycles. The van der Waals surface area contributed by atoms with Gasteiger partial charge in [0.05, 0.1) is 6.10 Å². The van der Waals surface area contributed by atoms with Crippen LogP contribution in [0.2, 0.25) is 0 Å². The highest BCUT2D eigenvalue weighted by Crippen LogP contribution is 2.18. The maximum atomic E-state index is 12.6. The highest BCUT2D eigenvalue weighted by molar-refractivity contribution is 5.74. The molecule has 0 aromatic carbocycles. The predicted molar refractivity (Wildman–Crippen MR) is 84.5 cm³/mol. The molecule has 21 heavy (non-hydrogen) atoms. The Morgan fingerprint density at radius 3 is 2.48 bits per heavy atom. The molecule has 5 heteroatoms. The zero-order valence-corrected chi connectivity index (χ0v) is 13.6. The average molecular weight is 297 g/mol. The molecule has 1 saturated carbocycles. The second-order valence-corrected chi connectivity index (χ2v) is 6.67. The van der Waals surface area contributed by atoms with Crippen molar-refractivity contribution in [2.75, 3.05) is 40.3 Å². The zero-order chi connectivity index (χ0) is 15.1. The molecule has 122 valence electrons. The van der Waals surface area contributed by atoms with E-state index >= 15 is 0 Å². The zero-order valence-electron chi connectivity index (χ0n) is 13.6. The van der Waals surface area contributed by atoms with Gasteiger partial charge in [-0.25, -0.2) is 4.79 Å². The van der Waals surface area contributed by atoms with Crippen molar-refractivity contribution in [3.05, 3.63) is 0 Å². The Bertz CT molecular complexity index is 311. The first-order valence-electron chi connectivity index (χ1n) is 8.47. The SMILES string of the molecule is CN(C)CCN(CC1CCCO1)C(=O)NC1CCCCC1. The van der Waals surface area contributed by atoms with E-state index in [0.717, 1.165) is 51.9 Å². The number of urea groups is 1. The quantitative estimate of drug-likeness (QED) is 0.816. The van der Waals surface area contributed by atoms with Crippen molar-refractivity contribution in [1.82, 2.24) is 15.1 Å². The van der Waals surface area contributed by atoms with Gasteiger partial charge in [0, 0.05) is 32.3 Å². The molecule has 2 amide bonds. The van der Waals surface area contributed by atoms with E-state index in [1.54, 1.807) is 0 Å². The molecule has 1 heterocycles. The molecule has 1 N–H and O–H groups in total. The van der Waals surface area contributed by atoms with Crippen molar-refractivity contribution >= 4 is 6.03 Å². The molecule has 2 fully saturated rings. The van der Waals surface area contributed by atoms with Gasteiger partial charge in [-0.15, -0.1) is 0 Å². The minimum Gasteiger partial charge on any atom is -0.376 e. The summed E-state index contributed by atoms with van der Waals surface area (Å²) in [5.74, 6) is 0. The van der Waals surface area contributed by atoms with Crippen molar-refractivity contribution in [3.8, 4) is 0 Å². The van der Waals surface area contributed by atoms with Crippen LogP contribution >= 0.6 is 0 Å². The number of carbonyl (C=O) groups is 1. The Kier molecular flexibility index (Phi) is 6.77. The van der Waals surface area contributed by atoms with Crippen LogP contribution in [0.1, 0.15) is 44.9 Å². The average Bonchev–Trinajstić information content (AvgIpc) is 2.97. The van der Waals surface area contributed by atoms with E-state index in [9.17, 15) is 4.79 Å². The molecule has 1 saturated heterocycles. The summed E-state index contributed by atoms with van der Waals surface area (Å²) in [6.07, 6.45) is 8.49. The van der Waals surface area contributed by atoms with Crippen molar-refractivity contribution in [1.29, 1.82) is 0 Å². The van der Waals surface area contributed by atoms with E-state index in [0.29, 0.717) is 6.04 Å². The van der Waals surface area contributed by atoms with Crippen LogP contribution in [0, 0.1) is 0 Å². The standard InChI is InChI=1S/C16H31N3O2/c1-18(2)10-11-19(13-15-9-6-12-21-15)16(20)17-14-7-4-3-5-8-14/h14-15H,3-13H2,1-2H3,(H,17,20). The summed E-state index contributed by atoms with van der Waals surface area (Å²) in [5.41, 5.74) is 0. The Morgan fingerprint density at radius 2 is 1.86 bits per heavy atom. The molecule has 1 aliphatic heterocycles. The van der Waals surface area contributed by atoms with Crippen LogP contribution in [0.15, 0.2) is 0 Å². The Hall–Kier alpha value is -0.810. The highest BCUT2D eigenvalue weighted by atomic mass is 16.5. The second-order valence-electron chi connectivity index (χ2n) is 6.67. The van der Waals surface area contributed by atoms with Crippen LogP contribution in [0.25, 0.3) is 0 Å². The fourth-order valence-corrected chi connectivity index (χ4v) is 3.14. The van der Waals surface area contributed by atoms with Crippen LogP contribution in [-0.4, -0.2) is 68.3 Å². The number of ether oxygens (including phenoxy) is 1. The van der Waals surface area contributed by atoms with Crippen LogP contribution in [0.5, 0.6) is 0 Å². The van der Waals surface area contributed by atoms with Gasteiger partial charge in [-0.3, -0.25) is 0 Å². The lowest BCUT2D eigenvalue weighted by Crippen LogP contribution is -2.49. The molecule has 0 aromatic rings. The number of amides is 2. The third kappa shape index (κ3) is 5.83.